The van der Waals surface area contributed by atoms with E-state index in [-0.39, 0.29) is 5.75 Å². The monoisotopic (exact) mass is 355 g/mol. The third-order valence-electron chi connectivity index (χ3n) is 2.73. The van der Waals surface area contributed by atoms with Crippen LogP contribution in [0.1, 0.15) is 11.3 Å². The highest BCUT2D eigenvalue weighted by atomic mass is 127. The number of aryl methyl sites for hydroxylation is 2. The van der Waals surface area contributed by atoms with Gasteiger partial charge in [-0.1, -0.05) is 12.1 Å². The molecule has 0 unspecified atom stereocenters. The van der Waals surface area contributed by atoms with Crippen LogP contribution in [0.2, 0.25) is 0 Å². The number of hydrogen-bond donors (Lipinski definition) is 1. The van der Waals surface area contributed by atoms with Crippen LogP contribution in [0.3, 0.4) is 0 Å². The molecule has 0 spiro atoms. The molecule has 0 saturated heterocycles. The van der Waals surface area contributed by atoms with Gasteiger partial charge >= 0.3 is 0 Å². The van der Waals surface area contributed by atoms with Crippen LogP contribution in [-0.4, -0.2) is 17.2 Å². The zero-order valence-electron chi connectivity index (χ0n) is 10.1. The van der Waals surface area contributed by atoms with Crippen molar-refractivity contribution in [3.63, 3.8) is 0 Å². The zero-order chi connectivity index (χ0) is 13.0. The molecular formula is C14H14INO2. The average molecular weight is 355 g/mol. The van der Waals surface area contributed by atoms with Gasteiger partial charge in [-0.25, -0.2) is 4.98 Å². The zero-order valence-corrected chi connectivity index (χ0v) is 12.2. The Morgan fingerprint density at radius 2 is 1.83 bits per heavy atom. The first kappa shape index (κ1) is 13.1. The molecule has 1 aromatic heterocycles. The smallest absolute Gasteiger partial charge is 0.137 e. The Balaban J connectivity index is 2.04. The van der Waals surface area contributed by atoms with Crippen molar-refractivity contribution in [2.75, 3.05) is 7.11 Å². The Kier molecular flexibility index (Phi) is 4.41. The molecule has 1 N–H and O–H groups in total. The molecule has 0 amide bonds. The van der Waals surface area contributed by atoms with Crippen molar-refractivity contribution in [3.05, 3.63) is 51.4 Å². The summed E-state index contributed by atoms with van der Waals surface area (Å²) >= 11 is 2.15. The largest absolute Gasteiger partial charge is 0.506 e. The number of pyridine rings is 1. The summed E-state index contributed by atoms with van der Waals surface area (Å²) in [5, 5.41) is 9.71. The molecule has 0 aliphatic carbocycles. The van der Waals surface area contributed by atoms with Crippen LogP contribution in [0.15, 0.2) is 36.4 Å². The first-order chi connectivity index (χ1) is 8.69. The summed E-state index contributed by atoms with van der Waals surface area (Å²) in [7, 11) is 1.66. The molecule has 4 heteroatoms. The quantitative estimate of drug-likeness (QED) is 0.677. The van der Waals surface area contributed by atoms with Gasteiger partial charge in [0.1, 0.15) is 15.2 Å². The molecule has 0 radical (unpaired) electrons. The third-order valence-corrected chi connectivity index (χ3v) is 3.33. The van der Waals surface area contributed by atoms with Gasteiger partial charge in [-0.2, -0.15) is 0 Å². The number of methoxy groups -OCH3 is 1. The minimum atomic E-state index is 0.268. The molecule has 2 rings (SSSR count). The lowest BCUT2D eigenvalue weighted by atomic mass is 10.1. The summed E-state index contributed by atoms with van der Waals surface area (Å²) in [6.07, 6.45) is 1.58. The highest BCUT2D eigenvalue weighted by Gasteiger charge is 2.04. The highest BCUT2D eigenvalue weighted by Crippen LogP contribution is 2.19. The van der Waals surface area contributed by atoms with E-state index in [0.29, 0.717) is 0 Å². The maximum absolute atomic E-state index is 9.71. The van der Waals surface area contributed by atoms with Crippen LogP contribution < -0.4 is 4.74 Å². The van der Waals surface area contributed by atoms with E-state index in [2.05, 4.69) is 27.6 Å². The van der Waals surface area contributed by atoms with Crippen LogP contribution >= 0.6 is 22.6 Å². The van der Waals surface area contributed by atoms with E-state index < -0.39 is 0 Å². The Labute approximate surface area is 120 Å². The van der Waals surface area contributed by atoms with Gasteiger partial charge in [-0.3, -0.25) is 0 Å². The number of ether oxygens (including phenoxy) is 1. The Hall–Kier alpha value is -1.30. The molecule has 0 saturated carbocycles. The third kappa shape index (κ3) is 3.35. The van der Waals surface area contributed by atoms with Crippen molar-refractivity contribution < 1.29 is 9.84 Å². The topological polar surface area (TPSA) is 42.4 Å². The molecular weight excluding hydrogens is 341 g/mol. The van der Waals surface area contributed by atoms with Gasteiger partial charge in [0.25, 0.3) is 0 Å². The van der Waals surface area contributed by atoms with Crippen molar-refractivity contribution in [1.82, 2.24) is 4.98 Å². The van der Waals surface area contributed by atoms with Crippen LogP contribution in [0.25, 0.3) is 0 Å². The number of aromatic hydroxyl groups is 1. The van der Waals surface area contributed by atoms with Crippen molar-refractivity contribution in [2.45, 2.75) is 12.8 Å². The van der Waals surface area contributed by atoms with Gasteiger partial charge in [-0.05, 0) is 65.3 Å². The highest BCUT2D eigenvalue weighted by molar-refractivity contribution is 14.1. The summed E-state index contributed by atoms with van der Waals surface area (Å²) in [6, 6.07) is 11.4. The second-order valence-electron chi connectivity index (χ2n) is 3.95. The molecule has 18 heavy (non-hydrogen) atoms. The SMILES string of the molecule is COc1ccc(CCc2nc(I)ccc2O)cc1. The summed E-state index contributed by atoms with van der Waals surface area (Å²) < 4.78 is 6.01. The lowest BCUT2D eigenvalue weighted by Gasteiger charge is -2.05. The fourth-order valence-electron chi connectivity index (χ4n) is 1.71. The Bertz CT molecular complexity index is 526. The minimum absolute atomic E-state index is 0.268. The molecule has 94 valence electrons. The van der Waals surface area contributed by atoms with Crippen molar-refractivity contribution in [2.24, 2.45) is 0 Å². The molecule has 2 aromatic rings. The minimum Gasteiger partial charge on any atom is -0.506 e. The molecule has 3 nitrogen and oxygen atoms in total. The first-order valence-corrected chi connectivity index (χ1v) is 6.74. The lowest BCUT2D eigenvalue weighted by Crippen LogP contribution is -1.96. The van der Waals surface area contributed by atoms with Crippen LogP contribution in [0.5, 0.6) is 11.5 Å². The number of nitrogens with zero attached hydrogens (tertiary/aromatic N) is 1. The predicted octanol–water partition coefficient (Wildman–Crippen LogP) is 3.19. The number of rotatable bonds is 4. The van der Waals surface area contributed by atoms with E-state index in [0.717, 1.165) is 28.0 Å². The predicted molar refractivity (Wildman–Crippen MR) is 79.0 cm³/mol. The number of aromatic nitrogens is 1. The fraction of sp³-hybridized carbons (Fsp3) is 0.214. The summed E-state index contributed by atoms with van der Waals surface area (Å²) in [5.41, 5.74) is 1.95. The summed E-state index contributed by atoms with van der Waals surface area (Å²) in [5.74, 6) is 1.12. The number of halogens is 1. The van der Waals surface area contributed by atoms with Crippen LogP contribution in [0, 0.1) is 3.70 Å². The second kappa shape index (κ2) is 6.04. The van der Waals surface area contributed by atoms with E-state index in [9.17, 15) is 5.11 Å². The van der Waals surface area contributed by atoms with E-state index >= 15 is 0 Å². The van der Waals surface area contributed by atoms with Gasteiger partial charge in [0.2, 0.25) is 0 Å². The Morgan fingerprint density at radius 1 is 1.11 bits per heavy atom. The van der Waals surface area contributed by atoms with Gasteiger partial charge in [-0.15, -0.1) is 0 Å². The fourth-order valence-corrected chi connectivity index (χ4v) is 2.18. The van der Waals surface area contributed by atoms with Crippen molar-refractivity contribution in [3.8, 4) is 11.5 Å². The lowest BCUT2D eigenvalue weighted by molar-refractivity contribution is 0.414. The van der Waals surface area contributed by atoms with Crippen LogP contribution in [0.4, 0.5) is 0 Å². The number of hydrogen-bond acceptors (Lipinski definition) is 3. The standard InChI is InChI=1S/C14H14INO2/c1-18-11-5-2-10(3-6-11)4-7-12-13(17)8-9-14(15)16-12/h2-3,5-6,8-9,17H,4,7H2,1H3. The number of benzene rings is 1. The van der Waals surface area contributed by atoms with E-state index in [1.807, 2.05) is 24.3 Å². The molecule has 0 aliphatic heterocycles. The summed E-state index contributed by atoms with van der Waals surface area (Å²) in [4.78, 5) is 4.33. The molecule has 1 aromatic carbocycles. The Morgan fingerprint density at radius 3 is 2.50 bits per heavy atom. The van der Waals surface area contributed by atoms with E-state index in [4.69, 9.17) is 4.74 Å². The normalized spacial score (nSPS) is 10.3. The van der Waals surface area contributed by atoms with Gasteiger partial charge in [0.05, 0.1) is 12.8 Å². The van der Waals surface area contributed by atoms with Crippen molar-refractivity contribution in [1.29, 1.82) is 0 Å². The maximum Gasteiger partial charge on any atom is 0.137 e. The molecule has 0 aliphatic rings. The molecule has 0 bridgehead atoms. The molecule has 0 fully saturated rings. The van der Waals surface area contributed by atoms with Gasteiger partial charge in [0.15, 0.2) is 0 Å². The first-order valence-electron chi connectivity index (χ1n) is 5.66. The summed E-state index contributed by atoms with van der Waals surface area (Å²) in [6.45, 7) is 0. The van der Waals surface area contributed by atoms with E-state index in [1.54, 1.807) is 19.2 Å². The van der Waals surface area contributed by atoms with Crippen molar-refractivity contribution >= 4 is 22.6 Å². The maximum atomic E-state index is 9.71. The van der Waals surface area contributed by atoms with Crippen LogP contribution in [-0.2, 0) is 12.8 Å². The van der Waals surface area contributed by atoms with Gasteiger partial charge < -0.3 is 9.84 Å². The van der Waals surface area contributed by atoms with E-state index in [1.165, 1.54) is 5.56 Å². The molecule has 0 atom stereocenters. The average Bonchev–Trinajstić information content (AvgIpc) is 2.40. The van der Waals surface area contributed by atoms with Gasteiger partial charge in [0, 0.05) is 0 Å². The molecule has 1 heterocycles. The second-order valence-corrected chi connectivity index (χ2v) is 5.05.